The van der Waals surface area contributed by atoms with Gasteiger partial charge < -0.3 is 14.2 Å². The Morgan fingerprint density at radius 3 is 2.56 bits per heavy atom. The first-order chi connectivity index (χ1) is 17.1. The van der Waals surface area contributed by atoms with Gasteiger partial charge in [-0.2, -0.15) is 13.7 Å². The molecule has 3 aromatic carbocycles. The topological polar surface area (TPSA) is 149 Å². The van der Waals surface area contributed by atoms with Gasteiger partial charge >= 0.3 is 10.1 Å². The van der Waals surface area contributed by atoms with Crippen LogP contribution in [0.4, 0.5) is 11.4 Å². The Morgan fingerprint density at radius 2 is 1.89 bits per heavy atom. The Bertz CT molecular complexity index is 1500. The third kappa shape index (κ3) is 6.58. The summed E-state index contributed by atoms with van der Waals surface area (Å²) >= 11 is 2.06. The van der Waals surface area contributed by atoms with Crippen LogP contribution in [0.25, 0.3) is 6.08 Å². The molecule has 1 N–H and O–H groups in total. The number of benzene rings is 3. The van der Waals surface area contributed by atoms with Crippen molar-refractivity contribution in [3.05, 3.63) is 91.6 Å². The van der Waals surface area contributed by atoms with Crippen LogP contribution in [-0.2, 0) is 14.9 Å². The van der Waals surface area contributed by atoms with E-state index in [1.54, 1.807) is 25.1 Å². The van der Waals surface area contributed by atoms with Gasteiger partial charge in [-0.3, -0.25) is 14.9 Å². The molecule has 0 atom stereocenters. The molecule has 3 aromatic rings. The molecule has 0 radical (unpaired) electrons. The van der Waals surface area contributed by atoms with Gasteiger partial charge in [0, 0.05) is 15.7 Å². The molecule has 0 aliphatic carbocycles. The molecule has 0 unspecified atom stereocenters. The Hall–Kier alpha value is -3.96. The Balaban J connectivity index is 1.90. The molecule has 3 rings (SSSR count). The van der Waals surface area contributed by atoms with E-state index in [1.807, 2.05) is 12.1 Å². The van der Waals surface area contributed by atoms with Crippen LogP contribution in [0, 0.1) is 25.0 Å². The molecule has 36 heavy (non-hydrogen) atoms. The minimum absolute atomic E-state index is 0.0376. The van der Waals surface area contributed by atoms with Crippen LogP contribution in [0.3, 0.4) is 0 Å². The molecule has 1 amide bonds. The van der Waals surface area contributed by atoms with E-state index in [4.69, 9.17) is 8.92 Å². The van der Waals surface area contributed by atoms with Crippen molar-refractivity contribution in [1.29, 1.82) is 5.26 Å². The predicted octanol–water partition coefficient (Wildman–Crippen LogP) is 4.91. The largest absolute Gasteiger partial charge is 0.490 e. The second-order valence-electron chi connectivity index (χ2n) is 7.03. The van der Waals surface area contributed by atoms with Gasteiger partial charge in [-0.05, 0) is 71.5 Å². The second kappa shape index (κ2) is 11.6. The lowest BCUT2D eigenvalue weighted by molar-refractivity contribution is -0.385. The number of nitriles is 1. The Morgan fingerprint density at radius 1 is 1.14 bits per heavy atom. The zero-order valence-electron chi connectivity index (χ0n) is 18.7. The van der Waals surface area contributed by atoms with Gasteiger partial charge in [0.15, 0.2) is 11.5 Å². The SMILES string of the molecule is CCOc1cc(/C=C(/C#N)C(=O)Nc2ccccc2I)ccc1OS(=O)(=O)c1cccc([N+](=O)[O-])c1. The maximum atomic E-state index is 12.7. The Kier molecular flexibility index (Phi) is 8.62. The van der Waals surface area contributed by atoms with Crippen molar-refractivity contribution < 1.29 is 27.1 Å². The average molecular weight is 619 g/mol. The number of hydrogen-bond donors (Lipinski definition) is 1. The van der Waals surface area contributed by atoms with Crippen LogP contribution < -0.4 is 14.2 Å². The number of nitro groups is 1. The normalized spacial score (nSPS) is 11.3. The molecule has 0 heterocycles. The van der Waals surface area contributed by atoms with Crippen LogP contribution >= 0.6 is 22.6 Å². The summed E-state index contributed by atoms with van der Waals surface area (Å²) in [5.41, 5.74) is 0.343. The maximum absolute atomic E-state index is 12.7. The molecule has 184 valence electrons. The molecule has 12 heteroatoms. The van der Waals surface area contributed by atoms with Gasteiger partial charge in [0.2, 0.25) is 0 Å². The second-order valence-corrected chi connectivity index (χ2v) is 9.74. The van der Waals surface area contributed by atoms with Crippen LogP contribution in [0.1, 0.15) is 12.5 Å². The molecule has 0 fully saturated rings. The number of hydrogen-bond acceptors (Lipinski definition) is 8. The Labute approximate surface area is 220 Å². The van der Waals surface area contributed by atoms with Crippen molar-refractivity contribution in [3.63, 3.8) is 0 Å². The van der Waals surface area contributed by atoms with Gasteiger partial charge in [-0.25, -0.2) is 0 Å². The molecule has 0 aliphatic rings. The molecule has 0 aromatic heterocycles. The zero-order chi connectivity index (χ0) is 26.3. The molecule has 0 bridgehead atoms. The summed E-state index contributed by atoms with van der Waals surface area (Å²) in [5, 5.41) is 23.2. The molecule has 0 saturated carbocycles. The number of non-ortho nitro benzene ring substituents is 1. The highest BCUT2D eigenvalue weighted by atomic mass is 127. The minimum atomic E-state index is -4.42. The van der Waals surface area contributed by atoms with E-state index in [1.165, 1.54) is 36.4 Å². The predicted molar refractivity (Wildman–Crippen MR) is 140 cm³/mol. The van der Waals surface area contributed by atoms with Crippen molar-refractivity contribution in [3.8, 4) is 17.6 Å². The standard InChI is InChI=1S/C24H18IN3O7S/c1-2-34-23-13-16(12-17(15-26)24(29)27-21-9-4-3-8-20(21)25)10-11-22(23)35-36(32,33)19-7-5-6-18(14-19)28(30)31/h3-14H,2H2,1H3,(H,27,29)/b17-12-. The number of ether oxygens (including phenoxy) is 1. The monoisotopic (exact) mass is 619 g/mol. The highest BCUT2D eigenvalue weighted by Crippen LogP contribution is 2.32. The molecule has 0 aliphatic heterocycles. The third-order valence-electron chi connectivity index (χ3n) is 4.58. The number of amides is 1. The summed E-state index contributed by atoms with van der Waals surface area (Å²) in [6.07, 6.45) is 1.33. The fourth-order valence-corrected chi connectivity index (χ4v) is 4.44. The number of carbonyl (C=O) groups excluding carboxylic acids is 1. The first-order valence-corrected chi connectivity index (χ1v) is 12.8. The van der Waals surface area contributed by atoms with Crippen LogP contribution in [0.5, 0.6) is 11.5 Å². The van der Waals surface area contributed by atoms with E-state index < -0.39 is 31.5 Å². The summed E-state index contributed by atoms with van der Waals surface area (Å²) in [6.45, 7) is 1.84. The van der Waals surface area contributed by atoms with Gasteiger partial charge in [-0.1, -0.05) is 24.3 Å². The zero-order valence-corrected chi connectivity index (χ0v) is 21.6. The number of para-hydroxylation sites is 1. The molecule has 0 spiro atoms. The lowest BCUT2D eigenvalue weighted by Gasteiger charge is -2.13. The first-order valence-electron chi connectivity index (χ1n) is 10.3. The van der Waals surface area contributed by atoms with Gasteiger partial charge in [0.05, 0.1) is 17.2 Å². The fourth-order valence-electron chi connectivity index (χ4n) is 2.94. The number of rotatable bonds is 9. The van der Waals surface area contributed by atoms with E-state index in [0.29, 0.717) is 11.3 Å². The molecule has 10 nitrogen and oxygen atoms in total. The number of nitrogens with zero attached hydrogens (tertiary/aromatic N) is 2. The van der Waals surface area contributed by atoms with Crippen LogP contribution in [-0.4, -0.2) is 25.9 Å². The van der Waals surface area contributed by atoms with E-state index in [-0.39, 0.29) is 23.7 Å². The van der Waals surface area contributed by atoms with E-state index in [2.05, 4.69) is 27.9 Å². The smallest absolute Gasteiger partial charge is 0.339 e. The molecular weight excluding hydrogens is 601 g/mol. The number of halogens is 1. The van der Waals surface area contributed by atoms with Gasteiger partial charge in [-0.15, -0.1) is 0 Å². The fraction of sp³-hybridized carbons (Fsp3) is 0.0833. The third-order valence-corrected chi connectivity index (χ3v) is 6.75. The minimum Gasteiger partial charge on any atom is -0.490 e. The number of anilines is 1. The number of nitrogens with one attached hydrogen (secondary N) is 1. The van der Waals surface area contributed by atoms with Crippen LogP contribution in [0.2, 0.25) is 0 Å². The molecular formula is C24H18IN3O7S. The van der Waals surface area contributed by atoms with Crippen molar-refractivity contribution in [2.24, 2.45) is 0 Å². The summed E-state index contributed by atoms with van der Waals surface area (Å²) in [5.74, 6) is -0.744. The quantitative estimate of drug-likeness (QED) is 0.0887. The number of nitro benzene ring substituents is 1. The number of carbonyl (C=O) groups is 1. The first kappa shape index (κ1) is 26.6. The molecule has 0 saturated heterocycles. The lowest BCUT2D eigenvalue weighted by atomic mass is 10.1. The van der Waals surface area contributed by atoms with E-state index >= 15 is 0 Å². The van der Waals surface area contributed by atoms with E-state index in [0.717, 1.165) is 15.7 Å². The van der Waals surface area contributed by atoms with Crippen molar-refractivity contribution in [1.82, 2.24) is 0 Å². The summed E-state index contributed by atoms with van der Waals surface area (Å²) < 4.78 is 36.9. The van der Waals surface area contributed by atoms with Crippen molar-refractivity contribution in [2.75, 3.05) is 11.9 Å². The lowest BCUT2D eigenvalue weighted by Crippen LogP contribution is -2.14. The van der Waals surface area contributed by atoms with Gasteiger partial charge in [0.1, 0.15) is 16.5 Å². The average Bonchev–Trinajstić information content (AvgIpc) is 2.85. The highest BCUT2D eigenvalue weighted by molar-refractivity contribution is 14.1. The van der Waals surface area contributed by atoms with Crippen molar-refractivity contribution in [2.45, 2.75) is 11.8 Å². The van der Waals surface area contributed by atoms with Crippen molar-refractivity contribution >= 4 is 56.1 Å². The summed E-state index contributed by atoms with van der Waals surface area (Å²) in [4.78, 5) is 22.5. The summed E-state index contributed by atoms with van der Waals surface area (Å²) in [6, 6.07) is 17.5. The highest BCUT2D eigenvalue weighted by Gasteiger charge is 2.22. The summed E-state index contributed by atoms with van der Waals surface area (Å²) in [7, 11) is -4.42. The maximum Gasteiger partial charge on any atom is 0.339 e. The van der Waals surface area contributed by atoms with Crippen LogP contribution in [0.15, 0.2) is 77.2 Å². The van der Waals surface area contributed by atoms with E-state index in [9.17, 15) is 28.6 Å². The van der Waals surface area contributed by atoms with Gasteiger partial charge in [0.25, 0.3) is 11.6 Å².